The number of rotatable bonds is 13. The average molecular weight is 540 g/mol. The summed E-state index contributed by atoms with van der Waals surface area (Å²) in [6, 6.07) is 3.07. The number of ether oxygens (including phenoxy) is 2. The van der Waals surface area contributed by atoms with E-state index in [4.69, 9.17) is 31.3 Å². The lowest BCUT2D eigenvalue weighted by molar-refractivity contribution is 0.0917. The number of aliphatic hydroxyl groups excluding tert-OH is 3. The van der Waals surface area contributed by atoms with E-state index in [-0.39, 0.29) is 37.6 Å². The highest BCUT2D eigenvalue weighted by Gasteiger charge is 2.31. The number of fused-ring (bicyclic) bond motifs is 1. The Morgan fingerprint density at radius 2 is 1.97 bits per heavy atom. The van der Waals surface area contributed by atoms with Crippen molar-refractivity contribution in [3.8, 4) is 11.5 Å². The van der Waals surface area contributed by atoms with E-state index < -0.39 is 12.1 Å². The number of hydrogen-bond donors (Lipinski definition) is 4. The van der Waals surface area contributed by atoms with E-state index in [9.17, 15) is 9.90 Å². The standard InChI is InChI=1S/C27H38ClNO6S/c1-16-21-11-27(2,3)8-7-20(21)26(36-16)23(33)6-5-17-9-22(28)25(24(10-17)34-4)35-15-19(32)12-29-18(13-30)14-31/h9-10,18-19,29-32H,5-8,11-15H2,1-4H3. The van der Waals surface area contributed by atoms with Crippen LogP contribution < -0.4 is 14.8 Å². The van der Waals surface area contributed by atoms with Crippen LogP contribution in [0.3, 0.4) is 0 Å². The van der Waals surface area contributed by atoms with Gasteiger partial charge >= 0.3 is 0 Å². The summed E-state index contributed by atoms with van der Waals surface area (Å²) < 4.78 is 11.2. The Morgan fingerprint density at radius 3 is 2.64 bits per heavy atom. The molecule has 1 aliphatic carbocycles. The molecule has 1 atom stereocenters. The van der Waals surface area contributed by atoms with Gasteiger partial charge in [0.2, 0.25) is 0 Å². The van der Waals surface area contributed by atoms with E-state index in [1.807, 2.05) is 6.07 Å². The van der Waals surface area contributed by atoms with Crippen molar-refractivity contribution < 1.29 is 29.6 Å². The van der Waals surface area contributed by atoms with Crippen molar-refractivity contribution >= 4 is 28.7 Å². The fraction of sp³-hybridized carbons (Fsp3) is 0.593. The quantitative estimate of drug-likeness (QED) is 0.287. The number of Topliss-reactive ketones (excluding diaryl/α,β-unsaturated/α-hetero) is 1. The van der Waals surface area contributed by atoms with E-state index in [2.05, 4.69) is 26.1 Å². The van der Waals surface area contributed by atoms with Gasteiger partial charge in [-0.05, 0) is 66.8 Å². The molecule has 0 saturated carbocycles. The molecule has 1 aromatic carbocycles. The van der Waals surface area contributed by atoms with Crippen molar-refractivity contribution in [3.63, 3.8) is 0 Å². The van der Waals surface area contributed by atoms with E-state index in [0.717, 1.165) is 29.7 Å². The van der Waals surface area contributed by atoms with Gasteiger partial charge in [0.25, 0.3) is 0 Å². The van der Waals surface area contributed by atoms with Gasteiger partial charge in [-0.2, -0.15) is 0 Å². The van der Waals surface area contributed by atoms with E-state index in [1.165, 1.54) is 23.1 Å². The van der Waals surface area contributed by atoms with Crippen LogP contribution in [0.5, 0.6) is 11.5 Å². The van der Waals surface area contributed by atoms with Crippen LogP contribution in [0.1, 0.15) is 57.9 Å². The molecule has 36 heavy (non-hydrogen) atoms. The first-order chi connectivity index (χ1) is 17.1. The number of ketones is 1. The van der Waals surface area contributed by atoms with Crippen LogP contribution in [0.25, 0.3) is 0 Å². The van der Waals surface area contributed by atoms with Crippen LogP contribution in [0.2, 0.25) is 5.02 Å². The number of hydrogen-bond acceptors (Lipinski definition) is 8. The van der Waals surface area contributed by atoms with Gasteiger partial charge in [-0.15, -0.1) is 11.3 Å². The van der Waals surface area contributed by atoms with Gasteiger partial charge < -0.3 is 30.1 Å². The summed E-state index contributed by atoms with van der Waals surface area (Å²) >= 11 is 8.10. The molecule has 2 aromatic rings. The van der Waals surface area contributed by atoms with Crippen molar-refractivity contribution in [2.45, 2.75) is 65.0 Å². The lowest BCUT2D eigenvalue weighted by atomic mass is 9.74. The SMILES string of the molecule is COc1cc(CCC(=O)c2sc(C)c3c2CCC(C)(C)C3)cc(Cl)c1OCC(O)CNC(CO)CO. The molecular weight excluding hydrogens is 502 g/mol. The number of aliphatic hydroxyl groups is 3. The molecule has 7 nitrogen and oxygen atoms in total. The summed E-state index contributed by atoms with van der Waals surface area (Å²) in [5.41, 5.74) is 3.77. The number of carbonyl (C=O) groups excluding carboxylic acids is 1. The molecule has 200 valence electrons. The Balaban J connectivity index is 1.62. The second-order valence-electron chi connectivity index (χ2n) is 10.3. The normalized spacial score (nSPS) is 15.6. The Bertz CT molecular complexity index is 1050. The minimum atomic E-state index is -0.880. The summed E-state index contributed by atoms with van der Waals surface area (Å²) in [5, 5.41) is 31.5. The number of nitrogens with one attached hydrogen (secondary N) is 1. The zero-order chi connectivity index (χ0) is 26.5. The number of methoxy groups -OCH3 is 1. The zero-order valence-electron chi connectivity index (χ0n) is 21.5. The van der Waals surface area contributed by atoms with Crippen LogP contribution in [0.15, 0.2) is 12.1 Å². The lowest BCUT2D eigenvalue weighted by Crippen LogP contribution is -2.41. The first-order valence-electron chi connectivity index (χ1n) is 12.3. The Labute approximate surface area is 222 Å². The topological polar surface area (TPSA) is 108 Å². The van der Waals surface area contributed by atoms with Crippen LogP contribution in [-0.2, 0) is 19.3 Å². The number of aryl methyl sites for hydroxylation is 2. The summed E-state index contributed by atoms with van der Waals surface area (Å²) in [6.07, 6.45) is 3.12. The summed E-state index contributed by atoms with van der Waals surface area (Å²) in [6.45, 7) is 6.32. The Kier molecular flexibility index (Phi) is 10.2. The van der Waals surface area contributed by atoms with Crippen molar-refractivity contribution in [2.75, 3.05) is 33.5 Å². The first-order valence-corrected chi connectivity index (χ1v) is 13.5. The molecule has 9 heteroatoms. The highest BCUT2D eigenvalue weighted by molar-refractivity contribution is 7.14. The summed E-state index contributed by atoms with van der Waals surface area (Å²) in [7, 11) is 1.51. The second-order valence-corrected chi connectivity index (χ2v) is 11.9. The monoisotopic (exact) mass is 539 g/mol. The molecule has 1 aliphatic rings. The van der Waals surface area contributed by atoms with Gasteiger partial charge in [0.1, 0.15) is 12.7 Å². The van der Waals surface area contributed by atoms with Crippen molar-refractivity contribution in [3.05, 3.63) is 43.6 Å². The van der Waals surface area contributed by atoms with Gasteiger partial charge in [0.05, 0.1) is 36.3 Å². The van der Waals surface area contributed by atoms with Gasteiger partial charge in [-0.25, -0.2) is 0 Å². The van der Waals surface area contributed by atoms with E-state index in [1.54, 1.807) is 17.4 Å². The Morgan fingerprint density at radius 1 is 1.25 bits per heavy atom. The fourth-order valence-corrected chi connectivity index (χ4v) is 6.01. The minimum absolute atomic E-state index is 0.0515. The van der Waals surface area contributed by atoms with Crippen LogP contribution in [0.4, 0.5) is 0 Å². The first kappa shape index (κ1) is 28.9. The number of carbonyl (C=O) groups is 1. The molecule has 0 fully saturated rings. The number of benzene rings is 1. The van der Waals surface area contributed by atoms with Crippen molar-refractivity contribution in [2.24, 2.45) is 5.41 Å². The van der Waals surface area contributed by atoms with Gasteiger partial charge in [0.15, 0.2) is 17.3 Å². The van der Waals surface area contributed by atoms with Gasteiger partial charge in [0, 0.05) is 17.8 Å². The van der Waals surface area contributed by atoms with E-state index >= 15 is 0 Å². The molecule has 0 radical (unpaired) electrons. The number of halogens is 1. The highest BCUT2D eigenvalue weighted by atomic mass is 35.5. The predicted molar refractivity (Wildman–Crippen MR) is 143 cm³/mol. The third-order valence-electron chi connectivity index (χ3n) is 6.71. The van der Waals surface area contributed by atoms with Gasteiger partial charge in [-0.1, -0.05) is 25.4 Å². The Hall–Kier alpha value is -1.68. The molecule has 0 spiro atoms. The molecule has 1 unspecified atom stereocenters. The molecular formula is C27H38ClNO6S. The maximum absolute atomic E-state index is 13.2. The lowest BCUT2D eigenvalue weighted by Gasteiger charge is -2.30. The molecule has 0 saturated heterocycles. The largest absolute Gasteiger partial charge is 0.493 e. The second kappa shape index (κ2) is 12.7. The average Bonchev–Trinajstić information content (AvgIpc) is 3.16. The molecule has 0 bridgehead atoms. The molecule has 3 rings (SSSR count). The molecule has 0 aliphatic heterocycles. The van der Waals surface area contributed by atoms with Crippen molar-refractivity contribution in [1.82, 2.24) is 5.32 Å². The maximum Gasteiger partial charge on any atom is 0.179 e. The smallest absolute Gasteiger partial charge is 0.179 e. The highest BCUT2D eigenvalue weighted by Crippen LogP contribution is 2.42. The molecule has 0 amide bonds. The zero-order valence-corrected chi connectivity index (χ0v) is 23.1. The maximum atomic E-state index is 13.2. The fourth-order valence-electron chi connectivity index (χ4n) is 4.53. The minimum Gasteiger partial charge on any atom is -0.493 e. The van der Waals surface area contributed by atoms with Crippen LogP contribution in [-0.4, -0.2) is 66.7 Å². The van der Waals surface area contributed by atoms with Gasteiger partial charge in [-0.3, -0.25) is 4.79 Å². The van der Waals surface area contributed by atoms with Crippen LogP contribution in [0, 0.1) is 12.3 Å². The summed E-state index contributed by atoms with van der Waals surface area (Å²) in [5.74, 6) is 0.916. The molecule has 1 heterocycles. The van der Waals surface area contributed by atoms with Crippen LogP contribution >= 0.6 is 22.9 Å². The van der Waals surface area contributed by atoms with E-state index in [0.29, 0.717) is 29.4 Å². The summed E-state index contributed by atoms with van der Waals surface area (Å²) in [4.78, 5) is 15.3. The number of thiophene rings is 1. The predicted octanol–water partition coefficient (Wildman–Crippen LogP) is 3.73. The van der Waals surface area contributed by atoms with Crippen molar-refractivity contribution in [1.29, 1.82) is 0 Å². The molecule has 4 N–H and O–H groups in total. The third-order valence-corrected chi connectivity index (χ3v) is 8.22. The third kappa shape index (κ3) is 7.21. The molecule has 1 aromatic heterocycles.